The summed E-state index contributed by atoms with van der Waals surface area (Å²) in [4.78, 5) is 9.39. The zero-order valence-corrected chi connectivity index (χ0v) is 17.3. The Morgan fingerprint density at radius 2 is 2.09 bits per heavy atom. The van der Waals surface area contributed by atoms with Gasteiger partial charge in [-0.1, -0.05) is 0 Å². The molecule has 0 aromatic carbocycles. The van der Waals surface area contributed by atoms with E-state index in [2.05, 4.69) is 22.2 Å². The zero-order valence-electron chi connectivity index (χ0n) is 17.3. The summed E-state index contributed by atoms with van der Waals surface area (Å²) >= 11 is 0. The first-order valence-electron chi connectivity index (χ1n) is 10.4. The van der Waals surface area contributed by atoms with Crippen molar-refractivity contribution in [2.45, 2.75) is 31.3 Å². The third kappa shape index (κ3) is 3.29. The Morgan fingerprint density at radius 3 is 2.88 bits per heavy atom. The summed E-state index contributed by atoms with van der Waals surface area (Å²) in [6.45, 7) is 0.418. The van der Waals surface area contributed by atoms with Crippen molar-refractivity contribution in [2.75, 3.05) is 6.61 Å². The van der Waals surface area contributed by atoms with Crippen LogP contribution in [-0.4, -0.2) is 41.2 Å². The van der Waals surface area contributed by atoms with Gasteiger partial charge < -0.3 is 5.11 Å². The van der Waals surface area contributed by atoms with Crippen LogP contribution < -0.4 is 0 Å². The molecule has 1 fully saturated rings. The van der Waals surface area contributed by atoms with Crippen LogP contribution in [0.1, 0.15) is 19.3 Å². The highest BCUT2D eigenvalue weighted by Gasteiger charge is 2.46. The minimum atomic E-state index is -0.440. The Balaban J connectivity index is 1.58. The number of aliphatic hydroxyl groups excluding tert-OH is 1. The number of rotatable bonds is 6. The molecule has 1 saturated carbocycles. The van der Waals surface area contributed by atoms with Gasteiger partial charge in [0.1, 0.15) is 11.4 Å². The molecule has 0 atom stereocenters. The van der Waals surface area contributed by atoms with Crippen molar-refractivity contribution in [3.05, 3.63) is 49.1 Å². The predicted octanol–water partition coefficient (Wildman–Crippen LogP) is 2.89. The second-order valence-electron chi connectivity index (χ2n) is 8.08. The minimum absolute atomic E-state index is 0.00755. The van der Waals surface area contributed by atoms with E-state index in [0.29, 0.717) is 42.9 Å². The Bertz CT molecular complexity index is 1370. The molecule has 0 radical (unpaired) electrons. The van der Waals surface area contributed by atoms with Crippen molar-refractivity contribution < 1.29 is 5.11 Å². The first kappa shape index (κ1) is 19.9. The summed E-state index contributed by atoms with van der Waals surface area (Å²) in [7, 11) is 0. The molecule has 1 aliphatic carbocycles. The maximum Gasteiger partial charge on any atom is 0.111 e. The van der Waals surface area contributed by atoms with Crippen molar-refractivity contribution in [2.24, 2.45) is 5.92 Å². The molecule has 9 nitrogen and oxygen atoms in total. The number of nitriles is 2. The Morgan fingerprint density at radius 1 is 1.22 bits per heavy atom. The van der Waals surface area contributed by atoms with Crippen LogP contribution in [0.25, 0.3) is 33.5 Å². The lowest BCUT2D eigenvalue weighted by atomic mass is 9.67. The van der Waals surface area contributed by atoms with E-state index in [1.807, 2.05) is 41.3 Å². The average Bonchev–Trinajstić information content (AvgIpc) is 3.46. The SMILES string of the molecule is N#CC[C@]1(n2ccc(-c3nc(-c4cnn(CCO)c4)cc4ncccc34)n2)C[C@@H](C#N)C1. The van der Waals surface area contributed by atoms with Crippen LogP contribution in [0.2, 0.25) is 0 Å². The summed E-state index contributed by atoms with van der Waals surface area (Å²) in [5.41, 5.74) is 3.27. The predicted molar refractivity (Wildman–Crippen MR) is 116 cm³/mol. The summed E-state index contributed by atoms with van der Waals surface area (Å²) < 4.78 is 3.50. The number of nitrogens with zero attached hydrogens (tertiary/aromatic N) is 8. The number of aliphatic hydroxyl groups is 1. The topological polar surface area (TPSA) is 129 Å². The standard InChI is InChI=1S/C23H20N8O/c24-5-4-23(11-16(12-23)13-25)31-7-3-19(29-31)22-18-2-1-6-26-21(18)10-20(28-22)17-14-27-30(15-17)8-9-32/h1-3,6-7,10,14-16,32H,4,8-9,11-12H2/t16-,23+. The van der Waals surface area contributed by atoms with Crippen molar-refractivity contribution in [3.63, 3.8) is 0 Å². The molecular weight excluding hydrogens is 404 g/mol. The Hall–Kier alpha value is -4.08. The first-order chi connectivity index (χ1) is 15.7. The fraction of sp³-hybridized carbons (Fsp3) is 0.304. The van der Waals surface area contributed by atoms with Crippen LogP contribution in [0.4, 0.5) is 0 Å². The fourth-order valence-corrected chi connectivity index (χ4v) is 4.36. The summed E-state index contributed by atoms with van der Waals surface area (Å²) in [5.74, 6) is -0.0436. The third-order valence-corrected chi connectivity index (χ3v) is 6.02. The average molecular weight is 424 g/mol. The summed E-state index contributed by atoms with van der Waals surface area (Å²) in [6.07, 6.45) is 8.72. The molecule has 0 aliphatic heterocycles. The van der Waals surface area contributed by atoms with Crippen LogP contribution >= 0.6 is 0 Å². The molecule has 0 amide bonds. The van der Waals surface area contributed by atoms with E-state index < -0.39 is 5.54 Å². The van der Waals surface area contributed by atoms with E-state index in [1.54, 1.807) is 17.1 Å². The van der Waals surface area contributed by atoms with Gasteiger partial charge in [-0.2, -0.15) is 20.7 Å². The number of hydrogen-bond acceptors (Lipinski definition) is 7. The third-order valence-electron chi connectivity index (χ3n) is 6.02. The van der Waals surface area contributed by atoms with E-state index in [-0.39, 0.29) is 12.5 Å². The van der Waals surface area contributed by atoms with Crippen LogP contribution in [-0.2, 0) is 12.1 Å². The van der Waals surface area contributed by atoms with Crippen LogP contribution in [0, 0.1) is 28.6 Å². The van der Waals surface area contributed by atoms with Crippen molar-refractivity contribution in [3.8, 4) is 34.8 Å². The highest BCUT2D eigenvalue weighted by atomic mass is 16.3. The molecule has 1 aliphatic rings. The van der Waals surface area contributed by atoms with Gasteiger partial charge in [-0.15, -0.1) is 0 Å². The lowest BCUT2D eigenvalue weighted by molar-refractivity contribution is 0.0884. The van der Waals surface area contributed by atoms with Gasteiger partial charge in [0.05, 0.1) is 60.6 Å². The number of pyridine rings is 2. The summed E-state index contributed by atoms with van der Waals surface area (Å²) in [6, 6.07) is 12.2. The lowest BCUT2D eigenvalue weighted by Crippen LogP contribution is -2.46. The molecule has 4 heterocycles. The Labute approximate surface area is 184 Å². The molecule has 158 valence electrons. The van der Waals surface area contributed by atoms with Crippen LogP contribution in [0.15, 0.2) is 49.1 Å². The highest BCUT2D eigenvalue weighted by molar-refractivity contribution is 5.93. The molecule has 32 heavy (non-hydrogen) atoms. The second kappa shape index (κ2) is 7.88. The first-order valence-corrected chi connectivity index (χ1v) is 10.4. The number of aromatic nitrogens is 6. The van der Waals surface area contributed by atoms with Crippen molar-refractivity contribution >= 4 is 10.9 Å². The van der Waals surface area contributed by atoms with E-state index in [9.17, 15) is 10.5 Å². The van der Waals surface area contributed by atoms with E-state index in [0.717, 1.165) is 16.5 Å². The van der Waals surface area contributed by atoms with Gasteiger partial charge >= 0.3 is 0 Å². The molecule has 0 saturated heterocycles. The van der Waals surface area contributed by atoms with Crippen LogP contribution in [0.3, 0.4) is 0 Å². The quantitative estimate of drug-likeness (QED) is 0.504. The van der Waals surface area contributed by atoms with Gasteiger partial charge in [-0.3, -0.25) is 14.3 Å². The maximum atomic E-state index is 9.34. The van der Waals surface area contributed by atoms with E-state index in [4.69, 9.17) is 15.2 Å². The maximum absolute atomic E-state index is 9.34. The molecule has 0 spiro atoms. The molecule has 4 aromatic rings. The molecule has 0 bridgehead atoms. The Kier molecular flexibility index (Phi) is 4.89. The van der Waals surface area contributed by atoms with E-state index in [1.165, 1.54) is 0 Å². The van der Waals surface area contributed by atoms with E-state index >= 15 is 0 Å². The zero-order chi connectivity index (χ0) is 22.1. The van der Waals surface area contributed by atoms with Gasteiger partial charge in [-0.05, 0) is 37.1 Å². The largest absolute Gasteiger partial charge is 0.394 e. The molecular formula is C23H20N8O. The molecule has 1 N–H and O–H groups in total. The molecule has 0 unspecified atom stereocenters. The molecule has 4 aromatic heterocycles. The van der Waals surface area contributed by atoms with Gasteiger partial charge in [0, 0.05) is 29.5 Å². The summed E-state index contributed by atoms with van der Waals surface area (Å²) in [5, 5.41) is 37.7. The van der Waals surface area contributed by atoms with Crippen LogP contribution in [0.5, 0.6) is 0 Å². The smallest absolute Gasteiger partial charge is 0.111 e. The lowest BCUT2D eigenvalue weighted by Gasteiger charge is -2.43. The molecule has 9 heteroatoms. The highest BCUT2D eigenvalue weighted by Crippen LogP contribution is 2.46. The molecule has 5 rings (SSSR count). The fourth-order valence-electron chi connectivity index (χ4n) is 4.36. The van der Waals surface area contributed by atoms with Crippen molar-refractivity contribution in [1.82, 2.24) is 29.5 Å². The second-order valence-corrected chi connectivity index (χ2v) is 8.08. The van der Waals surface area contributed by atoms with Crippen molar-refractivity contribution in [1.29, 1.82) is 10.5 Å². The van der Waals surface area contributed by atoms with Gasteiger partial charge in [0.2, 0.25) is 0 Å². The monoisotopic (exact) mass is 424 g/mol. The van der Waals surface area contributed by atoms with Gasteiger partial charge in [0.15, 0.2) is 0 Å². The van der Waals surface area contributed by atoms with Gasteiger partial charge in [-0.25, -0.2) is 4.98 Å². The number of hydrogen-bond donors (Lipinski definition) is 1. The minimum Gasteiger partial charge on any atom is -0.394 e. The van der Waals surface area contributed by atoms with Gasteiger partial charge in [0.25, 0.3) is 0 Å². The number of fused-ring (bicyclic) bond motifs is 1. The normalized spacial score (nSPS) is 19.9.